The lowest BCUT2D eigenvalue weighted by Gasteiger charge is -2.33. The van der Waals surface area contributed by atoms with Gasteiger partial charge >= 0.3 is 12.4 Å². The maximum Gasteiger partial charge on any atom is 0.404 e. The van der Waals surface area contributed by atoms with Crippen molar-refractivity contribution in [1.29, 1.82) is 5.26 Å². The molecule has 1 saturated heterocycles. The number of nitriles is 1. The average Bonchev–Trinajstić information content (AvgIpc) is 2.92. The van der Waals surface area contributed by atoms with Gasteiger partial charge in [0.1, 0.15) is 17.5 Å². The van der Waals surface area contributed by atoms with E-state index >= 15 is 0 Å². The van der Waals surface area contributed by atoms with Gasteiger partial charge < -0.3 is 4.90 Å². The van der Waals surface area contributed by atoms with Gasteiger partial charge in [-0.05, 0) is 18.6 Å². The van der Waals surface area contributed by atoms with Crippen molar-refractivity contribution in [3.05, 3.63) is 29.6 Å². The van der Waals surface area contributed by atoms with E-state index in [2.05, 4.69) is 4.98 Å². The van der Waals surface area contributed by atoms with Crippen LogP contribution in [0.3, 0.4) is 0 Å². The first-order chi connectivity index (χ1) is 10.5. The number of carbonyl (C=O) groups is 1. The second kappa shape index (κ2) is 5.40. The van der Waals surface area contributed by atoms with Crippen molar-refractivity contribution in [3.63, 3.8) is 0 Å². The first kappa shape index (κ1) is 17.1. The number of rotatable bonds is 1. The molecule has 23 heavy (non-hydrogen) atoms. The van der Waals surface area contributed by atoms with Gasteiger partial charge in [0.15, 0.2) is 5.41 Å². The number of pyridine rings is 1. The smallest absolute Gasteiger partial charge is 0.336 e. The lowest BCUT2D eigenvalue weighted by Crippen LogP contribution is -2.52. The number of carbonyl (C=O) groups excluding carboxylic acids is 1. The molecule has 0 radical (unpaired) electrons. The molecule has 10 heteroatoms. The number of hydrogen-bond acceptors (Lipinski definition) is 3. The topological polar surface area (TPSA) is 57.0 Å². The molecular formula is C13H9F6N3O. The number of likely N-dealkylation sites (tertiary alicyclic amines) is 1. The van der Waals surface area contributed by atoms with Crippen LogP contribution in [0.1, 0.15) is 22.6 Å². The van der Waals surface area contributed by atoms with Crippen LogP contribution in [0.4, 0.5) is 26.3 Å². The molecule has 1 aliphatic rings. The summed E-state index contributed by atoms with van der Waals surface area (Å²) in [4.78, 5) is 16.1. The molecule has 0 spiro atoms. The Labute approximate surface area is 126 Å². The SMILES string of the molecule is N#Cc1cccc(C(=O)N2CCC(C(F)(F)F)(C(F)(F)F)C2)n1. The van der Waals surface area contributed by atoms with Crippen LogP contribution in [0.2, 0.25) is 0 Å². The Kier molecular flexibility index (Phi) is 4.00. The molecule has 0 atom stereocenters. The third-order valence-corrected chi connectivity index (χ3v) is 3.72. The molecular weight excluding hydrogens is 328 g/mol. The van der Waals surface area contributed by atoms with Gasteiger partial charge in [-0.2, -0.15) is 31.6 Å². The first-order valence-electron chi connectivity index (χ1n) is 6.32. The predicted octanol–water partition coefficient (Wildman–Crippen LogP) is 2.91. The molecule has 0 N–H and O–H groups in total. The van der Waals surface area contributed by atoms with Gasteiger partial charge in [-0.25, -0.2) is 4.98 Å². The van der Waals surface area contributed by atoms with E-state index in [9.17, 15) is 31.1 Å². The van der Waals surface area contributed by atoms with Crippen LogP contribution in [0.5, 0.6) is 0 Å². The van der Waals surface area contributed by atoms with Gasteiger partial charge in [0.2, 0.25) is 0 Å². The van der Waals surface area contributed by atoms with Gasteiger partial charge in [0, 0.05) is 13.1 Å². The lowest BCUT2D eigenvalue weighted by atomic mass is 9.85. The Hall–Kier alpha value is -2.31. The molecule has 0 unspecified atom stereocenters. The molecule has 0 saturated carbocycles. The van der Waals surface area contributed by atoms with Crippen molar-refractivity contribution in [3.8, 4) is 6.07 Å². The van der Waals surface area contributed by atoms with E-state index in [-0.39, 0.29) is 11.4 Å². The number of alkyl halides is 6. The predicted molar refractivity (Wildman–Crippen MR) is 64.0 cm³/mol. The largest absolute Gasteiger partial charge is 0.404 e. The van der Waals surface area contributed by atoms with E-state index in [0.717, 1.165) is 6.07 Å². The zero-order valence-corrected chi connectivity index (χ0v) is 11.4. The summed E-state index contributed by atoms with van der Waals surface area (Å²) in [6.45, 7) is -2.21. The summed E-state index contributed by atoms with van der Waals surface area (Å²) in [5.74, 6) is -1.07. The highest BCUT2D eigenvalue weighted by Gasteiger charge is 2.72. The molecule has 1 fully saturated rings. The fourth-order valence-corrected chi connectivity index (χ4v) is 2.38. The minimum atomic E-state index is -5.53. The second-order valence-electron chi connectivity index (χ2n) is 5.07. The molecule has 0 aromatic carbocycles. The summed E-state index contributed by atoms with van der Waals surface area (Å²) in [5.41, 5.74) is -4.47. The normalized spacial score (nSPS) is 17.9. The molecule has 1 aliphatic heterocycles. The van der Waals surface area contributed by atoms with Gasteiger partial charge in [-0.1, -0.05) is 6.07 Å². The van der Waals surface area contributed by atoms with Gasteiger partial charge in [0.25, 0.3) is 5.91 Å². The zero-order chi connectivity index (χ0) is 17.5. The maximum absolute atomic E-state index is 13.0. The van der Waals surface area contributed by atoms with Crippen LogP contribution in [-0.2, 0) is 0 Å². The van der Waals surface area contributed by atoms with Gasteiger partial charge in [-0.15, -0.1) is 0 Å². The Morgan fingerprint density at radius 3 is 2.30 bits per heavy atom. The second-order valence-corrected chi connectivity index (χ2v) is 5.07. The van der Waals surface area contributed by atoms with E-state index in [1.54, 1.807) is 6.07 Å². The van der Waals surface area contributed by atoms with E-state index in [0.29, 0.717) is 4.90 Å². The Balaban J connectivity index is 2.31. The van der Waals surface area contributed by atoms with Crippen LogP contribution in [0.25, 0.3) is 0 Å². The summed E-state index contributed by atoms with van der Waals surface area (Å²) < 4.78 is 77.7. The third-order valence-electron chi connectivity index (χ3n) is 3.72. The molecule has 1 aromatic rings. The highest BCUT2D eigenvalue weighted by molar-refractivity contribution is 5.92. The van der Waals surface area contributed by atoms with Crippen LogP contribution in [0.15, 0.2) is 18.2 Å². The van der Waals surface area contributed by atoms with Crippen LogP contribution in [0, 0.1) is 16.7 Å². The number of hydrogen-bond donors (Lipinski definition) is 0. The van der Waals surface area contributed by atoms with E-state index < -0.39 is 43.2 Å². The molecule has 1 aromatic heterocycles. The first-order valence-corrected chi connectivity index (χ1v) is 6.32. The van der Waals surface area contributed by atoms with Crippen LogP contribution < -0.4 is 0 Å². The Morgan fingerprint density at radius 1 is 1.22 bits per heavy atom. The molecule has 0 aliphatic carbocycles. The van der Waals surface area contributed by atoms with E-state index in [1.165, 1.54) is 12.1 Å². The molecule has 2 rings (SSSR count). The minimum absolute atomic E-state index is 0.159. The highest BCUT2D eigenvalue weighted by atomic mass is 19.4. The standard InChI is InChI=1S/C13H9F6N3O/c14-12(15,16)11(13(17,18)19)4-5-22(7-11)10(23)9-3-1-2-8(6-20)21-9/h1-3H,4-5,7H2. The maximum atomic E-state index is 13.0. The lowest BCUT2D eigenvalue weighted by molar-refractivity contribution is -0.334. The Morgan fingerprint density at radius 2 is 1.83 bits per heavy atom. The molecule has 124 valence electrons. The van der Waals surface area contributed by atoms with Crippen molar-refractivity contribution in [2.45, 2.75) is 18.8 Å². The monoisotopic (exact) mass is 337 g/mol. The minimum Gasteiger partial charge on any atom is -0.336 e. The van der Waals surface area contributed by atoms with Crippen molar-refractivity contribution in [2.75, 3.05) is 13.1 Å². The summed E-state index contributed by atoms with van der Waals surface area (Å²) in [6, 6.07) is 5.30. The van der Waals surface area contributed by atoms with Crippen molar-refractivity contribution in [2.24, 2.45) is 5.41 Å². The van der Waals surface area contributed by atoms with Crippen LogP contribution in [-0.4, -0.2) is 41.2 Å². The van der Waals surface area contributed by atoms with E-state index in [4.69, 9.17) is 5.26 Å². The average molecular weight is 337 g/mol. The summed E-state index contributed by atoms with van der Waals surface area (Å²) >= 11 is 0. The van der Waals surface area contributed by atoms with Gasteiger partial charge in [0.05, 0.1) is 0 Å². The Bertz CT molecular complexity index is 647. The fraction of sp³-hybridized carbons (Fsp3) is 0.462. The van der Waals surface area contributed by atoms with Crippen LogP contribution >= 0.6 is 0 Å². The summed E-state index contributed by atoms with van der Waals surface area (Å²) in [5, 5.41) is 8.67. The number of halogens is 6. The molecule has 0 bridgehead atoms. The van der Waals surface area contributed by atoms with E-state index in [1.807, 2.05) is 0 Å². The van der Waals surface area contributed by atoms with Crippen molar-refractivity contribution < 1.29 is 31.1 Å². The summed E-state index contributed by atoms with van der Waals surface area (Å²) in [7, 11) is 0. The zero-order valence-electron chi connectivity index (χ0n) is 11.4. The van der Waals surface area contributed by atoms with Crippen molar-refractivity contribution >= 4 is 5.91 Å². The van der Waals surface area contributed by atoms with Gasteiger partial charge in [-0.3, -0.25) is 4.79 Å². The summed E-state index contributed by atoms with van der Waals surface area (Å²) in [6.07, 6.45) is -12.3. The molecule has 1 amide bonds. The molecule has 4 nitrogen and oxygen atoms in total. The highest BCUT2D eigenvalue weighted by Crippen LogP contribution is 2.55. The number of amides is 1. The molecule has 2 heterocycles. The van der Waals surface area contributed by atoms with Crippen molar-refractivity contribution in [1.82, 2.24) is 9.88 Å². The fourth-order valence-electron chi connectivity index (χ4n) is 2.38. The number of nitrogens with zero attached hydrogens (tertiary/aromatic N) is 3. The third kappa shape index (κ3) is 2.83. The number of aromatic nitrogens is 1. The quantitative estimate of drug-likeness (QED) is 0.741.